The Labute approximate surface area is 177 Å². The minimum absolute atomic E-state index is 0.160. The van der Waals surface area contributed by atoms with Crippen LogP contribution in [-0.4, -0.2) is 13.1 Å². The Kier molecular flexibility index (Phi) is 5.55. The van der Waals surface area contributed by atoms with Crippen molar-refractivity contribution in [3.05, 3.63) is 105 Å². The van der Waals surface area contributed by atoms with Gasteiger partial charge in [-0.25, -0.2) is 9.59 Å². The van der Waals surface area contributed by atoms with E-state index >= 15 is 0 Å². The van der Waals surface area contributed by atoms with Crippen LogP contribution in [0.4, 0.5) is 0 Å². The first-order valence-electron chi connectivity index (χ1n) is 9.21. The molecule has 0 fully saturated rings. The van der Waals surface area contributed by atoms with E-state index in [1.165, 1.54) is 13.2 Å². The number of hydrogen-bond acceptors (Lipinski definition) is 5. The molecule has 3 aromatic carbocycles. The number of benzene rings is 3. The summed E-state index contributed by atoms with van der Waals surface area (Å²) in [7, 11) is 1.45. The third kappa shape index (κ3) is 3.93. The lowest BCUT2D eigenvalue weighted by Crippen LogP contribution is -2.16. The van der Waals surface area contributed by atoms with Gasteiger partial charge in [-0.2, -0.15) is 0 Å². The van der Waals surface area contributed by atoms with Gasteiger partial charge in [-0.05, 0) is 35.9 Å². The summed E-state index contributed by atoms with van der Waals surface area (Å²) in [5, 5.41) is 0.891. The maximum Gasteiger partial charge on any atom is 0.347 e. The minimum atomic E-state index is -0.681. The van der Waals surface area contributed by atoms with Crippen molar-refractivity contribution in [2.24, 2.45) is 0 Å². The Morgan fingerprint density at radius 1 is 1.00 bits per heavy atom. The minimum Gasteiger partial charge on any atom is -0.496 e. The van der Waals surface area contributed by atoms with E-state index in [0.717, 1.165) is 5.56 Å². The topological polar surface area (TPSA) is 65.7 Å². The number of para-hydroxylation sites is 1. The Bertz CT molecular complexity index is 1280. The number of fused-ring (bicyclic) bond motifs is 1. The molecule has 4 rings (SSSR count). The van der Waals surface area contributed by atoms with Crippen molar-refractivity contribution in [2.75, 3.05) is 7.11 Å². The van der Waals surface area contributed by atoms with Gasteiger partial charge >= 0.3 is 11.6 Å². The van der Waals surface area contributed by atoms with E-state index in [2.05, 4.69) is 0 Å². The van der Waals surface area contributed by atoms with Crippen LogP contribution in [-0.2, 0) is 6.42 Å². The molecule has 0 bridgehead atoms. The zero-order valence-corrected chi connectivity index (χ0v) is 16.8. The van der Waals surface area contributed by atoms with E-state index in [1.54, 1.807) is 36.4 Å². The first kappa shape index (κ1) is 19.7. The zero-order valence-electron chi connectivity index (χ0n) is 16.1. The third-order valence-corrected chi connectivity index (χ3v) is 4.89. The maximum absolute atomic E-state index is 13.0. The fraction of sp³-hybridized carbons (Fsp3) is 0.0833. The summed E-state index contributed by atoms with van der Waals surface area (Å²) in [6, 6.07) is 21.0. The molecule has 5 nitrogen and oxygen atoms in total. The first-order chi connectivity index (χ1) is 14.6. The number of rotatable bonds is 5. The molecule has 0 unspecified atom stereocenters. The average Bonchev–Trinajstić information content (AvgIpc) is 2.76. The highest BCUT2D eigenvalue weighted by Gasteiger charge is 2.22. The number of methoxy groups -OCH3 is 1. The SMILES string of the molecule is COc1ccc(Cl)cc1C(=O)Oc1c(Cc2ccccc2)c(=O)oc2ccccc12. The molecule has 0 aliphatic carbocycles. The number of halogens is 1. The first-order valence-corrected chi connectivity index (χ1v) is 9.59. The fourth-order valence-corrected chi connectivity index (χ4v) is 3.39. The van der Waals surface area contributed by atoms with Crippen LogP contribution in [0.25, 0.3) is 11.0 Å². The monoisotopic (exact) mass is 420 g/mol. The molecule has 6 heteroatoms. The van der Waals surface area contributed by atoms with Gasteiger partial charge in [-0.1, -0.05) is 54.1 Å². The van der Waals surface area contributed by atoms with Crippen molar-refractivity contribution in [1.82, 2.24) is 0 Å². The fourth-order valence-electron chi connectivity index (χ4n) is 3.22. The molecule has 0 amide bonds. The predicted molar refractivity (Wildman–Crippen MR) is 115 cm³/mol. The maximum atomic E-state index is 13.0. The summed E-state index contributed by atoms with van der Waals surface area (Å²) >= 11 is 6.05. The Hall–Kier alpha value is -3.57. The standard InChI is InChI=1S/C24H17ClO5/c1-28-20-12-11-16(25)14-18(20)23(26)30-22-17-9-5-6-10-21(17)29-24(27)19(22)13-15-7-3-2-4-8-15/h2-12,14H,13H2,1H3. The molecule has 0 N–H and O–H groups in total. The Morgan fingerprint density at radius 2 is 1.73 bits per heavy atom. The van der Waals surface area contributed by atoms with Crippen LogP contribution in [0.5, 0.6) is 11.5 Å². The van der Waals surface area contributed by atoms with Crippen LogP contribution < -0.4 is 15.1 Å². The van der Waals surface area contributed by atoms with Gasteiger partial charge in [0, 0.05) is 11.4 Å². The van der Waals surface area contributed by atoms with Crippen LogP contribution in [0.15, 0.2) is 82.0 Å². The van der Waals surface area contributed by atoms with Crippen LogP contribution in [0.1, 0.15) is 21.5 Å². The van der Waals surface area contributed by atoms with Crippen LogP contribution in [0, 0.1) is 0 Å². The third-order valence-electron chi connectivity index (χ3n) is 4.65. The second kappa shape index (κ2) is 8.43. The highest BCUT2D eigenvalue weighted by atomic mass is 35.5. The largest absolute Gasteiger partial charge is 0.496 e. The van der Waals surface area contributed by atoms with Crippen molar-refractivity contribution in [3.63, 3.8) is 0 Å². The van der Waals surface area contributed by atoms with Gasteiger partial charge in [0.25, 0.3) is 0 Å². The summed E-state index contributed by atoms with van der Waals surface area (Å²) in [6.07, 6.45) is 0.253. The lowest BCUT2D eigenvalue weighted by Gasteiger charge is -2.13. The van der Waals surface area contributed by atoms with Crippen molar-refractivity contribution < 1.29 is 18.7 Å². The van der Waals surface area contributed by atoms with Gasteiger partial charge in [-0.3, -0.25) is 0 Å². The summed E-state index contributed by atoms with van der Waals surface area (Å²) < 4.78 is 16.5. The molecule has 0 saturated heterocycles. The van der Waals surface area contributed by atoms with Gasteiger partial charge in [0.1, 0.15) is 16.9 Å². The van der Waals surface area contributed by atoms with E-state index in [9.17, 15) is 9.59 Å². The lowest BCUT2D eigenvalue weighted by molar-refractivity contribution is 0.0731. The van der Waals surface area contributed by atoms with E-state index in [1.807, 2.05) is 30.3 Å². The molecule has 0 aliphatic rings. The molecule has 4 aromatic rings. The van der Waals surface area contributed by atoms with E-state index < -0.39 is 11.6 Å². The molecular formula is C24H17ClO5. The van der Waals surface area contributed by atoms with Gasteiger partial charge < -0.3 is 13.9 Å². The number of esters is 1. The van der Waals surface area contributed by atoms with Crippen LogP contribution in [0.3, 0.4) is 0 Å². The van der Waals surface area contributed by atoms with E-state index in [4.69, 9.17) is 25.5 Å². The van der Waals surface area contributed by atoms with Crippen LogP contribution >= 0.6 is 11.6 Å². The highest BCUT2D eigenvalue weighted by molar-refractivity contribution is 6.31. The lowest BCUT2D eigenvalue weighted by atomic mass is 10.0. The molecule has 0 saturated carbocycles. The van der Waals surface area contributed by atoms with Crippen molar-refractivity contribution >= 4 is 28.5 Å². The van der Waals surface area contributed by atoms with Gasteiger partial charge in [0.15, 0.2) is 5.75 Å². The van der Waals surface area contributed by atoms with Gasteiger partial charge in [0.2, 0.25) is 0 Å². The number of ether oxygens (including phenoxy) is 2. The molecular weight excluding hydrogens is 404 g/mol. The average molecular weight is 421 g/mol. The molecule has 0 spiro atoms. The number of carbonyl (C=O) groups is 1. The zero-order chi connectivity index (χ0) is 21.1. The highest BCUT2D eigenvalue weighted by Crippen LogP contribution is 2.31. The Morgan fingerprint density at radius 3 is 2.50 bits per heavy atom. The normalized spacial score (nSPS) is 10.7. The second-order valence-electron chi connectivity index (χ2n) is 6.59. The molecule has 0 atom stereocenters. The summed E-state index contributed by atoms with van der Waals surface area (Å²) in [5.74, 6) is -0.196. The van der Waals surface area contributed by atoms with E-state index in [-0.39, 0.29) is 23.3 Å². The summed E-state index contributed by atoms with van der Waals surface area (Å²) in [4.78, 5) is 25.8. The number of hydrogen-bond donors (Lipinski definition) is 0. The molecule has 0 aliphatic heterocycles. The second-order valence-corrected chi connectivity index (χ2v) is 7.03. The van der Waals surface area contributed by atoms with Crippen molar-refractivity contribution in [3.8, 4) is 11.5 Å². The van der Waals surface area contributed by atoms with E-state index in [0.29, 0.717) is 21.7 Å². The summed E-state index contributed by atoms with van der Waals surface area (Å²) in [5.41, 5.74) is 1.08. The molecule has 1 aromatic heterocycles. The quantitative estimate of drug-likeness (QED) is 0.325. The predicted octanol–water partition coefficient (Wildman–Crippen LogP) is 5.27. The van der Waals surface area contributed by atoms with Gasteiger partial charge in [-0.15, -0.1) is 0 Å². The Balaban J connectivity index is 1.84. The van der Waals surface area contributed by atoms with Crippen molar-refractivity contribution in [1.29, 1.82) is 0 Å². The molecule has 1 heterocycles. The van der Waals surface area contributed by atoms with Crippen molar-refractivity contribution in [2.45, 2.75) is 6.42 Å². The molecule has 30 heavy (non-hydrogen) atoms. The van der Waals surface area contributed by atoms with Crippen LogP contribution in [0.2, 0.25) is 5.02 Å². The van der Waals surface area contributed by atoms with Gasteiger partial charge in [0.05, 0.1) is 18.1 Å². The smallest absolute Gasteiger partial charge is 0.347 e. The number of carbonyl (C=O) groups excluding carboxylic acids is 1. The molecule has 150 valence electrons. The molecule has 0 radical (unpaired) electrons. The summed E-state index contributed by atoms with van der Waals surface area (Å²) in [6.45, 7) is 0.